The minimum Gasteiger partial charge on any atom is -0.335 e. The van der Waals surface area contributed by atoms with Crippen LogP contribution in [0.1, 0.15) is 22.8 Å². The molecule has 1 heterocycles. The summed E-state index contributed by atoms with van der Waals surface area (Å²) in [6.45, 7) is 4.24. The molecule has 20 heavy (non-hydrogen) atoms. The zero-order chi connectivity index (χ0) is 14.5. The van der Waals surface area contributed by atoms with E-state index < -0.39 is 0 Å². The molecule has 104 valence electrons. The number of hydrogen-bond donors (Lipinski definition) is 1. The molecule has 0 atom stereocenters. The second-order valence-corrected chi connectivity index (χ2v) is 4.72. The molecule has 0 unspecified atom stereocenters. The van der Waals surface area contributed by atoms with Crippen molar-refractivity contribution in [2.75, 3.05) is 7.05 Å². The average molecular weight is 270 g/mol. The molecule has 5 heteroatoms. The Balaban J connectivity index is 1.99. The molecule has 1 aromatic carbocycles. The summed E-state index contributed by atoms with van der Waals surface area (Å²) in [7, 11) is 1.73. The van der Waals surface area contributed by atoms with Crippen molar-refractivity contribution in [1.82, 2.24) is 20.1 Å². The topological polar surface area (TPSA) is 61.9 Å². The third-order valence-electron chi connectivity index (χ3n) is 2.99. The highest BCUT2D eigenvalue weighted by molar-refractivity contribution is 5.91. The second-order valence-electron chi connectivity index (χ2n) is 4.72. The highest BCUT2D eigenvalue weighted by Gasteiger charge is 2.08. The molecule has 1 amide bonds. The zero-order valence-corrected chi connectivity index (χ0v) is 11.9. The van der Waals surface area contributed by atoms with E-state index in [9.17, 15) is 4.79 Å². The Kier molecular flexibility index (Phi) is 4.30. The van der Waals surface area contributed by atoms with Crippen molar-refractivity contribution >= 4 is 12.0 Å². The number of benzene rings is 1. The van der Waals surface area contributed by atoms with Gasteiger partial charge in [-0.2, -0.15) is 5.10 Å². The number of carbonyl (C=O) groups excluding carboxylic acids is 1. The number of nitrogens with zero attached hydrogens (tertiary/aromatic N) is 3. The first-order valence-electron chi connectivity index (χ1n) is 6.43. The number of amides is 1. The van der Waals surface area contributed by atoms with E-state index in [1.165, 1.54) is 0 Å². The molecule has 0 aliphatic carbocycles. The molecular formula is C15H18N4O. The summed E-state index contributed by atoms with van der Waals surface area (Å²) in [5, 5.41) is 6.78. The van der Waals surface area contributed by atoms with Gasteiger partial charge < -0.3 is 4.90 Å². The van der Waals surface area contributed by atoms with Crippen LogP contribution in [0.4, 0.5) is 0 Å². The molecule has 0 radical (unpaired) electrons. The van der Waals surface area contributed by atoms with E-state index in [0.717, 1.165) is 17.0 Å². The van der Waals surface area contributed by atoms with Gasteiger partial charge in [0.2, 0.25) is 5.91 Å². The van der Waals surface area contributed by atoms with Gasteiger partial charge in [0.1, 0.15) is 5.82 Å². The lowest BCUT2D eigenvalue weighted by Crippen LogP contribution is -2.24. The van der Waals surface area contributed by atoms with Crippen LogP contribution < -0.4 is 0 Å². The molecule has 1 N–H and O–H groups in total. The van der Waals surface area contributed by atoms with E-state index in [-0.39, 0.29) is 5.91 Å². The maximum Gasteiger partial charge on any atom is 0.246 e. The molecule has 0 aliphatic heterocycles. The van der Waals surface area contributed by atoms with E-state index in [1.54, 1.807) is 18.0 Å². The lowest BCUT2D eigenvalue weighted by molar-refractivity contribution is -0.125. The number of carbonyl (C=O) groups is 1. The van der Waals surface area contributed by atoms with Gasteiger partial charge in [-0.1, -0.05) is 24.3 Å². The summed E-state index contributed by atoms with van der Waals surface area (Å²) in [5.41, 5.74) is 2.19. The number of aromatic nitrogens is 3. The predicted molar refractivity (Wildman–Crippen MR) is 77.8 cm³/mol. The van der Waals surface area contributed by atoms with Gasteiger partial charge in [0.05, 0.1) is 6.54 Å². The molecule has 1 aromatic heterocycles. The number of hydrogen-bond acceptors (Lipinski definition) is 3. The maximum atomic E-state index is 12.0. The molecule has 2 aromatic rings. The molecule has 0 spiro atoms. The van der Waals surface area contributed by atoms with Crippen LogP contribution in [0, 0.1) is 13.8 Å². The normalized spacial score (nSPS) is 10.9. The summed E-state index contributed by atoms with van der Waals surface area (Å²) >= 11 is 0. The fourth-order valence-corrected chi connectivity index (χ4v) is 1.81. The van der Waals surface area contributed by atoms with E-state index in [1.807, 2.05) is 44.2 Å². The summed E-state index contributed by atoms with van der Waals surface area (Å²) in [6, 6.07) is 7.94. The van der Waals surface area contributed by atoms with Gasteiger partial charge in [0.15, 0.2) is 5.82 Å². The molecule has 0 saturated heterocycles. The highest BCUT2D eigenvalue weighted by Crippen LogP contribution is 2.09. The van der Waals surface area contributed by atoms with Crippen LogP contribution in [0.15, 0.2) is 30.3 Å². The quantitative estimate of drug-likeness (QED) is 0.865. The molecular weight excluding hydrogens is 252 g/mol. The Morgan fingerprint density at radius 1 is 1.35 bits per heavy atom. The van der Waals surface area contributed by atoms with Crippen molar-refractivity contribution in [2.24, 2.45) is 0 Å². The van der Waals surface area contributed by atoms with Crippen molar-refractivity contribution in [3.8, 4) is 0 Å². The monoisotopic (exact) mass is 270 g/mol. The summed E-state index contributed by atoms with van der Waals surface area (Å²) < 4.78 is 0. The smallest absolute Gasteiger partial charge is 0.246 e. The highest BCUT2D eigenvalue weighted by atomic mass is 16.2. The first-order valence-corrected chi connectivity index (χ1v) is 6.43. The summed E-state index contributed by atoms with van der Waals surface area (Å²) in [5.74, 6) is 1.29. The molecule has 2 rings (SSSR count). The number of H-pyrrole nitrogens is 1. The van der Waals surface area contributed by atoms with Crippen LogP contribution >= 0.6 is 0 Å². The average Bonchev–Trinajstić information content (AvgIpc) is 2.82. The Bertz CT molecular complexity index is 630. The number of nitrogens with one attached hydrogen (secondary N) is 1. The van der Waals surface area contributed by atoms with Crippen molar-refractivity contribution in [1.29, 1.82) is 0 Å². The van der Waals surface area contributed by atoms with E-state index in [0.29, 0.717) is 12.4 Å². The molecule has 0 aliphatic rings. The van der Waals surface area contributed by atoms with Crippen LogP contribution in [0.3, 0.4) is 0 Å². The van der Waals surface area contributed by atoms with Crippen molar-refractivity contribution in [2.45, 2.75) is 20.4 Å². The lowest BCUT2D eigenvalue weighted by Gasteiger charge is -2.12. The third-order valence-corrected chi connectivity index (χ3v) is 2.99. The Morgan fingerprint density at radius 2 is 2.10 bits per heavy atom. The van der Waals surface area contributed by atoms with Gasteiger partial charge in [-0.15, -0.1) is 0 Å². The minimum atomic E-state index is -0.0734. The van der Waals surface area contributed by atoms with E-state index in [4.69, 9.17) is 0 Å². The van der Waals surface area contributed by atoms with Crippen LogP contribution in [0.2, 0.25) is 0 Å². The molecule has 0 saturated carbocycles. The van der Waals surface area contributed by atoms with Crippen LogP contribution in [-0.4, -0.2) is 33.0 Å². The second kappa shape index (κ2) is 6.14. The number of rotatable bonds is 4. The van der Waals surface area contributed by atoms with Gasteiger partial charge in [-0.3, -0.25) is 9.89 Å². The zero-order valence-electron chi connectivity index (χ0n) is 11.9. The van der Waals surface area contributed by atoms with E-state index in [2.05, 4.69) is 15.2 Å². The van der Waals surface area contributed by atoms with E-state index >= 15 is 0 Å². The number of likely N-dealkylation sites (N-methyl/N-ethyl adjacent to an activating group) is 1. The maximum absolute atomic E-state index is 12.0. The summed E-state index contributed by atoms with van der Waals surface area (Å²) in [4.78, 5) is 17.8. The van der Waals surface area contributed by atoms with Gasteiger partial charge in [-0.25, -0.2) is 4.98 Å². The molecule has 0 bridgehead atoms. The Hall–Kier alpha value is -2.43. The number of aromatic amines is 1. The van der Waals surface area contributed by atoms with Gasteiger partial charge in [0, 0.05) is 13.1 Å². The van der Waals surface area contributed by atoms with Gasteiger partial charge >= 0.3 is 0 Å². The van der Waals surface area contributed by atoms with Crippen molar-refractivity contribution in [3.05, 3.63) is 53.1 Å². The number of aryl methyl sites for hydroxylation is 2. The SMILES string of the molecule is Cc1nc(CN(C)C(=O)C=Cc2ccccc2C)n[nH]1. The largest absolute Gasteiger partial charge is 0.335 e. The standard InChI is InChI=1S/C15H18N4O/c1-11-6-4-5-7-13(11)8-9-15(20)19(3)10-14-16-12(2)17-18-14/h4-9H,10H2,1-3H3,(H,16,17,18). The van der Waals surface area contributed by atoms with Crippen molar-refractivity contribution < 1.29 is 4.79 Å². The Morgan fingerprint density at radius 3 is 2.75 bits per heavy atom. The minimum absolute atomic E-state index is 0.0734. The van der Waals surface area contributed by atoms with Crippen LogP contribution in [0.5, 0.6) is 0 Å². The van der Waals surface area contributed by atoms with Crippen LogP contribution in [-0.2, 0) is 11.3 Å². The first-order chi connectivity index (χ1) is 9.56. The van der Waals surface area contributed by atoms with Crippen LogP contribution in [0.25, 0.3) is 6.08 Å². The lowest BCUT2D eigenvalue weighted by atomic mass is 10.1. The summed E-state index contributed by atoms with van der Waals surface area (Å²) in [6.07, 6.45) is 3.40. The van der Waals surface area contributed by atoms with Crippen molar-refractivity contribution in [3.63, 3.8) is 0 Å². The molecule has 5 nitrogen and oxygen atoms in total. The first kappa shape index (κ1) is 14.0. The predicted octanol–water partition coefficient (Wildman–Crippen LogP) is 2.09. The third kappa shape index (κ3) is 3.54. The molecule has 0 fully saturated rings. The fraction of sp³-hybridized carbons (Fsp3) is 0.267. The van der Waals surface area contributed by atoms with Gasteiger partial charge in [-0.05, 0) is 31.1 Å². The fourth-order valence-electron chi connectivity index (χ4n) is 1.81. The Labute approximate surface area is 118 Å². The van der Waals surface area contributed by atoms with Gasteiger partial charge in [0.25, 0.3) is 0 Å².